The van der Waals surface area contributed by atoms with E-state index in [1.165, 1.54) is 12.1 Å². The molecule has 0 atom stereocenters. The van der Waals surface area contributed by atoms with Crippen LogP contribution in [0.4, 0.5) is 10.2 Å². The van der Waals surface area contributed by atoms with Crippen LogP contribution in [-0.4, -0.2) is 9.78 Å². The molecular weight excluding hydrogens is 321 g/mol. The Morgan fingerprint density at radius 3 is 2.30 bits per heavy atom. The number of anilines is 1. The van der Waals surface area contributed by atoms with E-state index in [-0.39, 0.29) is 5.82 Å². The van der Waals surface area contributed by atoms with E-state index in [9.17, 15) is 4.39 Å². The molecule has 0 bridgehead atoms. The maximum atomic E-state index is 12.9. The molecule has 0 amide bonds. The molecule has 2 N–H and O–H groups in total. The zero-order chi connectivity index (χ0) is 14.1. The molecule has 0 aliphatic carbocycles. The third-order valence-electron chi connectivity index (χ3n) is 3.03. The first-order valence-corrected chi connectivity index (χ1v) is 6.80. The first-order chi connectivity index (χ1) is 9.65. The van der Waals surface area contributed by atoms with E-state index in [1.54, 1.807) is 23.0 Å². The zero-order valence-corrected chi connectivity index (χ0v) is 12.0. The second kappa shape index (κ2) is 5.09. The summed E-state index contributed by atoms with van der Waals surface area (Å²) in [4.78, 5) is 0. The van der Waals surface area contributed by atoms with Gasteiger partial charge in [-0.1, -0.05) is 28.1 Å². The molecule has 3 aromatic rings. The third-order valence-corrected chi connectivity index (χ3v) is 3.56. The molecule has 0 fully saturated rings. The summed E-state index contributed by atoms with van der Waals surface area (Å²) >= 11 is 3.40. The van der Waals surface area contributed by atoms with Crippen LogP contribution in [0, 0.1) is 5.82 Å². The number of hydrogen-bond donors (Lipinski definition) is 1. The molecule has 100 valence electrons. The van der Waals surface area contributed by atoms with Crippen LogP contribution in [-0.2, 0) is 0 Å². The van der Waals surface area contributed by atoms with E-state index >= 15 is 0 Å². The van der Waals surface area contributed by atoms with Gasteiger partial charge in [0.05, 0.1) is 11.9 Å². The van der Waals surface area contributed by atoms with Crippen molar-refractivity contribution < 1.29 is 4.39 Å². The van der Waals surface area contributed by atoms with Crippen LogP contribution in [0.15, 0.2) is 59.2 Å². The Labute approximate surface area is 124 Å². The van der Waals surface area contributed by atoms with Gasteiger partial charge in [-0.25, -0.2) is 9.07 Å². The highest BCUT2D eigenvalue weighted by atomic mass is 79.9. The van der Waals surface area contributed by atoms with Gasteiger partial charge in [0.2, 0.25) is 0 Å². The summed E-state index contributed by atoms with van der Waals surface area (Å²) in [7, 11) is 0. The van der Waals surface area contributed by atoms with E-state index in [4.69, 9.17) is 5.73 Å². The second-order valence-corrected chi connectivity index (χ2v) is 5.25. The fraction of sp³-hybridized carbons (Fsp3) is 0. The maximum absolute atomic E-state index is 12.9. The minimum Gasteiger partial charge on any atom is -0.383 e. The van der Waals surface area contributed by atoms with Crippen LogP contribution >= 0.6 is 15.9 Å². The highest BCUT2D eigenvalue weighted by molar-refractivity contribution is 9.10. The van der Waals surface area contributed by atoms with Crippen LogP contribution in [0.2, 0.25) is 0 Å². The number of rotatable bonds is 2. The molecule has 0 unspecified atom stereocenters. The molecule has 5 heteroatoms. The lowest BCUT2D eigenvalue weighted by molar-refractivity contribution is 0.627. The Hall–Kier alpha value is -2.14. The SMILES string of the molecule is Nc1c(-c2ccc(Br)cc2)cnn1-c1ccc(F)cc1. The molecule has 2 aromatic carbocycles. The van der Waals surface area contributed by atoms with Gasteiger partial charge in [0, 0.05) is 10.0 Å². The van der Waals surface area contributed by atoms with Crippen molar-refractivity contribution in [1.29, 1.82) is 0 Å². The van der Waals surface area contributed by atoms with Gasteiger partial charge in [-0.3, -0.25) is 0 Å². The standard InChI is InChI=1S/C15H11BrFN3/c16-11-3-1-10(2-4-11)14-9-19-20(15(14)18)13-7-5-12(17)6-8-13/h1-9H,18H2. The Morgan fingerprint density at radius 2 is 1.65 bits per heavy atom. The number of aromatic nitrogens is 2. The quantitative estimate of drug-likeness (QED) is 0.770. The van der Waals surface area contributed by atoms with Gasteiger partial charge >= 0.3 is 0 Å². The summed E-state index contributed by atoms with van der Waals surface area (Å²) in [5, 5.41) is 4.27. The van der Waals surface area contributed by atoms with Gasteiger partial charge in [-0.2, -0.15) is 5.10 Å². The number of hydrogen-bond acceptors (Lipinski definition) is 2. The molecular formula is C15H11BrFN3. The average Bonchev–Trinajstić information content (AvgIpc) is 2.83. The third kappa shape index (κ3) is 2.32. The van der Waals surface area contributed by atoms with E-state index in [0.29, 0.717) is 5.82 Å². The van der Waals surface area contributed by atoms with Crippen molar-refractivity contribution in [3.8, 4) is 16.8 Å². The van der Waals surface area contributed by atoms with Gasteiger partial charge in [0.1, 0.15) is 11.6 Å². The lowest BCUT2D eigenvalue weighted by Crippen LogP contribution is -2.02. The van der Waals surface area contributed by atoms with Crippen molar-refractivity contribution in [3.63, 3.8) is 0 Å². The van der Waals surface area contributed by atoms with Crippen molar-refractivity contribution in [2.24, 2.45) is 0 Å². The van der Waals surface area contributed by atoms with Gasteiger partial charge < -0.3 is 5.73 Å². The summed E-state index contributed by atoms with van der Waals surface area (Å²) in [6.07, 6.45) is 1.71. The second-order valence-electron chi connectivity index (χ2n) is 4.34. The van der Waals surface area contributed by atoms with Gasteiger partial charge in [-0.15, -0.1) is 0 Å². The van der Waals surface area contributed by atoms with Gasteiger partial charge in [-0.05, 0) is 42.0 Å². The monoisotopic (exact) mass is 331 g/mol. The van der Waals surface area contributed by atoms with Gasteiger partial charge in [0.15, 0.2) is 0 Å². The molecule has 0 saturated heterocycles. The summed E-state index contributed by atoms with van der Waals surface area (Å²) in [6, 6.07) is 13.9. The largest absolute Gasteiger partial charge is 0.383 e. The number of benzene rings is 2. The molecule has 1 heterocycles. The van der Waals surface area contributed by atoms with Crippen LogP contribution in [0.1, 0.15) is 0 Å². The van der Waals surface area contributed by atoms with E-state index in [2.05, 4.69) is 21.0 Å². The highest BCUT2D eigenvalue weighted by Gasteiger charge is 2.10. The summed E-state index contributed by atoms with van der Waals surface area (Å²) in [5.74, 6) is 0.242. The van der Waals surface area contributed by atoms with E-state index in [0.717, 1.165) is 21.3 Å². The Balaban J connectivity index is 2.04. The van der Waals surface area contributed by atoms with Crippen molar-refractivity contribution in [1.82, 2.24) is 9.78 Å². The number of nitrogen functional groups attached to an aromatic ring is 1. The summed E-state index contributed by atoms with van der Waals surface area (Å²) in [5.41, 5.74) is 8.70. The first-order valence-electron chi connectivity index (χ1n) is 6.00. The summed E-state index contributed by atoms with van der Waals surface area (Å²) < 4.78 is 15.5. The molecule has 0 aliphatic rings. The van der Waals surface area contributed by atoms with E-state index < -0.39 is 0 Å². The topological polar surface area (TPSA) is 43.8 Å². The molecule has 3 rings (SSSR count). The van der Waals surface area contributed by atoms with Crippen molar-refractivity contribution in [3.05, 3.63) is 65.0 Å². The molecule has 20 heavy (non-hydrogen) atoms. The molecule has 3 nitrogen and oxygen atoms in total. The fourth-order valence-electron chi connectivity index (χ4n) is 2.00. The molecule has 0 aliphatic heterocycles. The van der Waals surface area contributed by atoms with Crippen molar-refractivity contribution >= 4 is 21.7 Å². The van der Waals surface area contributed by atoms with Crippen LogP contribution < -0.4 is 5.73 Å². The number of halogens is 2. The lowest BCUT2D eigenvalue weighted by atomic mass is 10.1. The molecule has 1 aromatic heterocycles. The van der Waals surface area contributed by atoms with Crippen molar-refractivity contribution in [2.45, 2.75) is 0 Å². The maximum Gasteiger partial charge on any atom is 0.135 e. The number of nitrogens with two attached hydrogens (primary N) is 1. The fourth-order valence-corrected chi connectivity index (χ4v) is 2.26. The van der Waals surface area contributed by atoms with Crippen molar-refractivity contribution in [2.75, 3.05) is 5.73 Å². The zero-order valence-electron chi connectivity index (χ0n) is 10.4. The first kappa shape index (κ1) is 12.9. The van der Waals surface area contributed by atoms with E-state index in [1.807, 2.05) is 24.3 Å². The predicted octanol–water partition coefficient (Wildman–Crippen LogP) is 4.02. The smallest absolute Gasteiger partial charge is 0.135 e. The van der Waals surface area contributed by atoms with Gasteiger partial charge in [0.25, 0.3) is 0 Å². The Morgan fingerprint density at radius 1 is 1.00 bits per heavy atom. The lowest BCUT2D eigenvalue weighted by Gasteiger charge is -2.05. The molecule has 0 spiro atoms. The Bertz CT molecular complexity index is 670. The minimum atomic E-state index is -0.285. The minimum absolute atomic E-state index is 0.285. The number of nitrogens with zero attached hydrogens (tertiary/aromatic N) is 2. The highest BCUT2D eigenvalue weighted by Crippen LogP contribution is 2.28. The Kier molecular flexibility index (Phi) is 3.28. The summed E-state index contributed by atoms with van der Waals surface area (Å²) in [6.45, 7) is 0. The van der Waals surface area contributed by atoms with Crippen LogP contribution in [0.5, 0.6) is 0 Å². The van der Waals surface area contributed by atoms with Crippen LogP contribution in [0.3, 0.4) is 0 Å². The predicted molar refractivity (Wildman–Crippen MR) is 81.1 cm³/mol. The normalized spacial score (nSPS) is 10.7. The average molecular weight is 332 g/mol. The molecule has 0 saturated carbocycles. The molecule has 0 radical (unpaired) electrons. The van der Waals surface area contributed by atoms with Crippen LogP contribution in [0.25, 0.3) is 16.8 Å².